The lowest BCUT2D eigenvalue weighted by atomic mass is 10.2. The molecule has 1 rings (SSSR count). The van der Waals surface area contributed by atoms with E-state index in [0.29, 0.717) is 0 Å². The normalized spacial score (nSPS) is 10.4. The molecule has 0 saturated carbocycles. The van der Waals surface area contributed by atoms with Gasteiger partial charge in [-0.2, -0.15) is 0 Å². The number of rotatable bonds is 5. The maximum atomic E-state index is 12.1. The Bertz CT molecular complexity index is 505. The highest BCUT2D eigenvalue weighted by Crippen LogP contribution is 2.21. The van der Waals surface area contributed by atoms with Crippen molar-refractivity contribution in [3.63, 3.8) is 0 Å². The zero-order valence-corrected chi connectivity index (χ0v) is 12.0. The zero-order chi connectivity index (χ0) is 15.3. The van der Waals surface area contributed by atoms with Gasteiger partial charge in [-0.3, -0.25) is 0 Å². The molecule has 6 nitrogen and oxygen atoms in total. The molecule has 0 aliphatic heterocycles. The van der Waals surface area contributed by atoms with Crippen molar-refractivity contribution in [1.29, 1.82) is 0 Å². The second kappa shape index (κ2) is 7.12. The van der Waals surface area contributed by atoms with Crippen molar-refractivity contribution in [3.8, 4) is 0 Å². The first-order chi connectivity index (χ1) is 9.36. The van der Waals surface area contributed by atoms with Crippen LogP contribution in [-0.4, -0.2) is 46.3 Å². The highest BCUT2D eigenvalue weighted by Gasteiger charge is 2.19. The maximum absolute atomic E-state index is 12.1. The summed E-state index contributed by atoms with van der Waals surface area (Å²) in [5.74, 6) is -1.18. The lowest BCUT2D eigenvalue weighted by molar-refractivity contribution is 0.0698. The molecule has 0 aliphatic rings. The van der Waals surface area contributed by atoms with Crippen LogP contribution in [0.15, 0.2) is 18.2 Å². The molecule has 110 valence electrons. The summed E-state index contributed by atoms with van der Waals surface area (Å²) >= 11 is 5.74. The van der Waals surface area contributed by atoms with Gasteiger partial charge in [0.1, 0.15) is 0 Å². The Balaban J connectivity index is 2.97. The van der Waals surface area contributed by atoms with E-state index in [0.717, 1.165) is 0 Å². The average molecular weight is 301 g/mol. The van der Waals surface area contributed by atoms with Crippen LogP contribution in [0.25, 0.3) is 0 Å². The van der Waals surface area contributed by atoms with Gasteiger partial charge in [-0.25, -0.2) is 9.59 Å². The van der Waals surface area contributed by atoms with Gasteiger partial charge in [0.2, 0.25) is 0 Å². The summed E-state index contributed by atoms with van der Waals surface area (Å²) in [5, 5.41) is 20.8. The number of hydrogen-bond donors (Lipinski definition) is 3. The summed E-state index contributed by atoms with van der Waals surface area (Å²) in [5.41, 5.74) is 0.0778. The predicted octanol–water partition coefficient (Wildman–Crippen LogP) is 2.27. The molecular formula is C13H17ClN2O4. The fourth-order valence-corrected chi connectivity index (χ4v) is 1.86. The number of hydrogen-bond acceptors (Lipinski definition) is 3. The third-order valence-electron chi connectivity index (χ3n) is 2.68. The number of aliphatic hydroxyl groups excluding tert-OH is 1. The van der Waals surface area contributed by atoms with Crippen LogP contribution in [-0.2, 0) is 0 Å². The minimum absolute atomic E-state index is 0.0847. The van der Waals surface area contributed by atoms with Crippen molar-refractivity contribution in [2.75, 3.05) is 18.5 Å². The van der Waals surface area contributed by atoms with Crippen molar-refractivity contribution in [3.05, 3.63) is 28.8 Å². The Kier molecular flexibility index (Phi) is 5.79. The highest BCUT2D eigenvalue weighted by molar-refractivity contribution is 6.31. The number of carbonyl (C=O) groups excluding carboxylic acids is 1. The van der Waals surface area contributed by atoms with E-state index in [9.17, 15) is 9.59 Å². The van der Waals surface area contributed by atoms with Gasteiger partial charge in [-0.15, -0.1) is 0 Å². The van der Waals surface area contributed by atoms with Gasteiger partial charge in [0, 0.05) is 17.6 Å². The molecule has 0 unspecified atom stereocenters. The van der Waals surface area contributed by atoms with Crippen molar-refractivity contribution >= 4 is 29.3 Å². The summed E-state index contributed by atoms with van der Waals surface area (Å²) < 4.78 is 0. The van der Waals surface area contributed by atoms with Crippen molar-refractivity contribution in [2.45, 2.75) is 19.9 Å². The largest absolute Gasteiger partial charge is 0.478 e. The first kappa shape index (κ1) is 16.3. The quantitative estimate of drug-likeness (QED) is 0.778. The van der Waals surface area contributed by atoms with Crippen molar-refractivity contribution < 1.29 is 19.8 Å². The fourth-order valence-electron chi connectivity index (χ4n) is 1.69. The summed E-state index contributed by atoms with van der Waals surface area (Å²) in [4.78, 5) is 24.6. The molecule has 0 fully saturated rings. The van der Waals surface area contributed by atoms with Gasteiger partial charge in [-0.1, -0.05) is 11.6 Å². The zero-order valence-electron chi connectivity index (χ0n) is 11.3. The molecular weight excluding hydrogens is 284 g/mol. The Morgan fingerprint density at radius 3 is 2.55 bits per heavy atom. The van der Waals surface area contributed by atoms with E-state index < -0.39 is 12.0 Å². The standard InChI is InChI=1S/C13H17ClN2O4/c1-8(2)16(5-6-17)13(20)15-11-4-3-9(14)7-10(11)12(18)19/h3-4,7-8,17H,5-6H2,1-2H3,(H,15,20)(H,18,19). The molecule has 3 N–H and O–H groups in total. The molecule has 0 radical (unpaired) electrons. The van der Waals surface area contributed by atoms with Gasteiger partial charge < -0.3 is 20.4 Å². The van der Waals surface area contributed by atoms with Gasteiger partial charge in [0.15, 0.2) is 0 Å². The number of anilines is 1. The molecule has 0 heterocycles. The Morgan fingerprint density at radius 2 is 2.05 bits per heavy atom. The van der Waals surface area contributed by atoms with E-state index in [1.807, 2.05) is 0 Å². The first-order valence-electron chi connectivity index (χ1n) is 6.08. The summed E-state index contributed by atoms with van der Waals surface area (Å²) in [6.45, 7) is 3.60. The van der Waals surface area contributed by atoms with Gasteiger partial charge in [0.25, 0.3) is 0 Å². The third-order valence-corrected chi connectivity index (χ3v) is 2.91. The molecule has 7 heteroatoms. The van der Waals surface area contributed by atoms with E-state index in [1.165, 1.54) is 23.1 Å². The molecule has 0 aromatic heterocycles. The predicted molar refractivity (Wildman–Crippen MR) is 76.4 cm³/mol. The van der Waals surface area contributed by atoms with Crippen LogP contribution >= 0.6 is 11.6 Å². The minimum atomic E-state index is -1.18. The number of halogens is 1. The number of amides is 2. The van der Waals surface area contributed by atoms with Crippen LogP contribution in [0.4, 0.5) is 10.5 Å². The summed E-state index contributed by atoms with van der Waals surface area (Å²) in [7, 11) is 0. The average Bonchev–Trinajstić information content (AvgIpc) is 2.37. The molecule has 2 amide bonds. The van der Waals surface area contributed by atoms with E-state index in [4.69, 9.17) is 21.8 Å². The van der Waals surface area contributed by atoms with E-state index in [-0.39, 0.29) is 35.5 Å². The van der Waals surface area contributed by atoms with Crippen LogP contribution in [0.1, 0.15) is 24.2 Å². The lowest BCUT2D eigenvalue weighted by Gasteiger charge is -2.26. The molecule has 0 saturated heterocycles. The lowest BCUT2D eigenvalue weighted by Crippen LogP contribution is -2.42. The number of urea groups is 1. The van der Waals surface area contributed by atoms with Gasteiger partial charge in [-0.05, 0) is 32.0 Å². The molecule has 1 aromatic carbocycles. The third kappa shape index (κ3) is 4.11. The Labute approximate surface area is 122 Å². The Hall–Kier alpha value is -1.79. The number of nitrogens with zero attached hydrogens (tertiary/aromatic N) is 1. The molecule has 0 spiro atoms. The monoisotopic (exact) mass is 300 g/mol. The highest BCUT2D eigenvalue weighted by atomic mass is 35.5. The SMILES string of the molecule is CC(C)N(CCO)C(=O)Nc1ccc(Cl)cc1C(=O)O. The maximum Gasteiger partial charge on any atom is 0.337 e. The van der Waals surface area contributed by atoms with Crippen LogP contribution in [0.2, 0.25) is 5.02 Å². The van der Waals surface area contributed by atoms with E-state index in [2.05, 4.69) is 5.32 Å². The first-order valence-corrected chi connectivity index (χ1v) is 6.46. The van der Waals surface area contributed by atoms with Gasteiger partial charge >= 0.3 is 12.0 Å². The van der Waals surface area contributed by atoms with E-state index in [1.54, 1.807) is 13.8 Å². The van der Waals surface area contributed by atoms with Crippen LogP contribution in [0.3, 0.4) is 0 Å². The van der Waals surface area contributed by atoms with Crippen LogP contribution < -0.4 is 5.32 Å². The van der Waals surface area contributed by atoms with Crippen LogP contribution in [0.5, 0.6) is 0 Å². The van der Waals surface area contributed by atoms with Crippen molar-refractivity contribution in [2.24, 2.45) is 0 Å². The number of carboxylic acid groups (broad SMARTS) is 1. The molecule has 1 aromatic rings. The number of benzene rings is 1. The fraction of sp³-hybridized carbons (Fsp3) is 0.385. The smallest absolute Gasteiger partial charge is 0.337 e. The minimum Gasteiger partial charge on any atom is -0.478 e. The molecule has 0 atom stereocenters. The summed E-state index contributed by atoms with van der Waals surface area (Å²) in [6.07, 6.45) is 0. The number of aliphatic hydroxyl groups is 1. The number of carboxylic acids is 1. The Morgan fingerprint density at radius 1 is 1.40 bits per heavy atom. The molecule has 20 heavy (non-hydrogen) atoms. The van der Waals surface area contributed by atoms with E-state index >= 15 is 0 Å². The van der Waals surface area contributed by atoms with Crippen molar-refractivity contribution in [1.82, 2.24) is 4.90 Å². The number of aromatic carboxylic acids is 1. The number of carbonyl (C=O) groups is 2. The second-order valence-electron chi connectivity index (χ2n) is 4.44. The number of nitrogens with one attached hydrogen (secondary N) is 1. The second-order valence-corrected chi connectivity index (χ2v) is 4.87. The van der Waals surface area contributed by atoms with Gasteiger partial charge in [0.05, 0.1) is 17.9 Å². The van der Waals surface area contributed by atoms with Crippen LogP contribution in [0, 0.1) is 0 Å². The molecule has 0 bridgehead atoms. The summed E-state index contributed by atoms with van der Waals surface area (Å²) in [6, 6.07) is 3.60. The topological polar surface area (TPSA) is 89.9 Å². The molecule has 0 aliphatic carbocycles.